The van der Waals surface area contributed by atoms with E-state index in [4.69, 9.17) is 0 Å². The van der Waals surface area contributed by atoms with Crippen LogP contribution in [-0.2, 0) is 4.79 Å². The highest BCUT2D eigenvalue weighted by atomic mass is 127. The lowest BCUT2D eigenvalue weighted by Gasteiger charge is -2.22. The zero-order chi connectivity index (χ0) is 19.2. The monoisotopic (exact) mass is 505 g/mol. The van der Waals surface area contributed by atoms with Crippen molar-refractivity contribution in [1.29, 1.82) is 0 Å². The Morgan fingerprint density at radius 1 is 1.26 bits per heavy atom. The fourth-order valence-corrected chi connectivity index (χ4v) is 3.71. The van der Waals surface area contributed by atoms with Crippen LogP contribution in [-0.4, -0.2) is 80.7 Å². The number of amides is 1. The maximum atomic E-state index is 12.3. The molecule has 1 amide bonds. The minimum atomic E-state index is -4.39. The third kappa shape index (κ3) is 8.84. The molecule has 0 aromatic heterocycles. The summed E-state index contributed by atoms with van der Waals surface area (Å²) in [4.78, 5) is 19.0. The van der Waals surface area contributed by atoms with E-state index in [-0.39, 0.29) is 36.6 Å². The normalized spacial score (nSPS) is 21.8. The van der Waals surface area contributed by atoms with Crippen LogP contribution >= 0.6 is 24.0 Å². The second-order valence-electron chi connectivity index (χ2n) is 7.33. The van der Waals surface area contributed by atoms with E-state index in [0.717, 1.165) is 39.0 Å². The molecule has 2 N–H and O–H groups in total. The fraction of sp³-hybridized carbons (Fsp3) is 0.882. The molecular weight excluding hydrogens is 474 g/mol. The molecule has 27 heavy (non-hydrogen) atoms. The SMILES string of the molecule is CN=C(NCC(=O)N(C)CC(F)(F)F)NC1CCN(CC2CCCC2)C1.I. The predicted molar refractivity (Wildman–Crippen MR) is 110 cm³/mol. The number of likely N-dealkylation sites (tertiary alicyclic amines) is 1. The molecule has 0 radical (unpaired) electrons. The van der Waals surface area contributed by atoms with E-state index in [1.54, 1.807) is 7.05 Å². The van der Waals surface area contributed by atoms with Gasteiger partial charge in [0.05, 0.1) is 6.54 Å². The molecule has 158 valence electrons. The van der Waals surface area contributed by atoms with Crippen molar-refractivity contribution >= 4 is 35.8 Å². The van der Waals surface area contributed by atoms with Crippen molar-refractivity contribution in [3.8, 4) is 0 Å². The van der Waals surface area contributed by atoms with Crippen molar-refractivity contribution in [2.45, 2.75) is 44.3 Å². The summed E-state index contributed by atoms with van der Waals surface area (Å²) in [6.45, 7) is 1.64. The van der Waals surface area contributed by atoms with Gasteiger partial charge in [-0.25, -0.2) is 0 Å². The Bertz CT molecular complexity index is 497. The number of hydrogen-bond donors (Lipinski definition) is 2. The van der Waals surface area contributed by atoms with Gasteiger partial charge in [-0.2, -0.15) is 13.2 Å². The zero-order valence-electron chi connectivity index (χ0n) is 16.0. The van der Waals surface area contributed by atoms with E-state index in [2.05, 4.69) is 20.5 Å². The van der Waals surface area contributed by atoms with Gasteiger partial charge in [0.15, 0.2) is 5.96 Å². The lowest BCUT2D eigenvalue weighted by molar-refractivity contribution is -0.157. The molecule has 0 bridgehead atoms. The maximum absolute atomic E-state index is 12.3. The van der Waals surface area contributed by atoms with Gasteiger partial charge in [0.1, 0.15) is 6.54 Å². The molecule has 1 aliphatic carbocycles. The molecule has 1 atom stereocenters. The highest BCUT2D eigenvalue weighted by molar-refractivity contribution is 14.0. The summed E-state index contributed by atoms with van der Waals surface area (Å²) < 4.78 is 37.0. The van der Waals surface area contributed by atoms with Gasteiger partial charge in [-0.1, -0.05) is 12.8 Å². The van der Waals surface area contributed by atoms with E-state index >= 15 is 0 Å². The van der Waals surface area contributed by atoms with Crippen molar-refractivity contribution in [3.05, 3.63) is 0 Å². The Labute approximate surface area is 176 Å². The zero-order valence-corrected chi connectivity index (χ0v) is 18.3. The van der Waals surface area contributed by atoms with Crippen LogP contribution in [0.25, 0.3) is 0 Å². The van der Waals surface area contributed by atoms with Gasteiger partial charge in [0.25, 0.3) is 0 Å². The number of aliphatic imine (C=N–C) groups is 1. The van der Waals surface area contributed by atoms with E-state index in [1.165, 1.54) is 25.7 Å². The number of likely N-dealkylation sites (N-methyl/N-ethyl adjacent to an activating group) is 1. The van der Waals surface area contributed by atoms with Gasteiger partial charge in [0.2, 0.25) is 5.91 Å². The Morgan fingerprint density at radius 2 is 1.93 bits per heavy atom. The molecule has 10 heteroatoms. The van der Waals surface area contributed by atoms with Crippen LogP contribution in [0.3, 0.4) is 0 Å². The quantitative estimate of drug-likeness (QED) is 0.330. The summed E-state index contributed by atoms with van der Waals surface area (Å²) in [5, 5.41) is 6.08. The molecule has 2 aliphatic rings. The van der Waals surface area contributed by atoms with E-state index in [1.807, 2.05) is 0 Å². The summed E-state index contributed by atoms with van der Waals surface area (Å²) >= 11 is 0. The summed E-state index contributed by atoms with van der Waals surface area (Å²) in [6.07, 6.45) is 1.93. The molecule has 0 aromatic carbocycles. The second kappa shape index (κ2) is 11.3. The van der Waals surface area contributed by atoms with Crippen molar-refractivity contribution in [2.24, 2.45) is 10.9 Å². The van der Waals surface area contributed by atoms with Crippen molar-refractivity contribution < 1.29 is 18.0 Å². The van der Waals surface area contributed by atoms with Gasteiger partial charge in [-0.05, 0) is 25.2 Å². The summed E-state index contributed by atoms with van der Waals surface area (Å²) in [6, 6.07) is 0.241. The topological polar surface area (TPSA) is 60.0 Å². The summed E-state index contributed by atoms with van der Waals surface area (Å²) in [5.74, 6) is 0.638. The molecule has 6 nitrogen and oxygen atoms in total. The second-order valence-corrected chi connectivity index (χ2v) is 7.33. The Balaban J connectivity index is 0.00000364. The molecule has 0 aromatic rings. The van der Waals surface area contributed by atoms with Gasteiger partial charge < -0.3 is 20.4 Å². The molecule has 1 saturated heterocycles. The molecule has 2 rings (SSSR count). The number of halogens is 4. The Kier molecular flexibility index (Phi) is 10.1. The number of guanidine groups is 1. The van der Waals surface area contributed by atoms with Crippen LogP contribution in [0.4, 0.5) is 13.2 Å². The highest BCUT2D eigenvalue weighted by Crippen LogP contribution is 2.26. The maximum Gasteiger partial charge on any atom is 0.406 e. The van der Waals surface area contributed by atoms with Crippen LogP contribution < -0.4 is 10.6 Å². The summed E-state index contributed by atoms with van der Waals surface area (Å²) in [7, 11) is 2.73. The average molecular weight is 505 g/mol. The number of hydrogen-bond acceptors (Lipinski definition) is 3. The first-order valence-electron chi connectivity index (χ1n) is 9.27. The molecule has 2 fully saturated rings. The van der Waals surface area contributed by atoms with E-state index in [0.29, 0.717) is 10.9 Å². The fourth-order valence-electron chi connectivity index (χ4n) is 3.71. The smallest absolute Gasteiger partial charge is 0.352 e. The Hall–Kier alpha value is -0.780. The molecule has 1 unspecified atom stereocenters. The first kappa shape index (κ1) is 24.3. The molecule has 1 aliphatic heterocycles. The lowest BCUT2D eigenvalue weighted by Crippen LogP contribution is -2.48. The summed E-state index contributed by atoms with van der Waals surface area (Å²) in [5.41, 5.74) is 0. The molecule has 1 heterocycles. The standard InChI is InChI=1S/C17H30F3N5O.HI/c1-21-16(22-9-15(26)24(2)12-17(18,19)20)23-14-7-8-25(11-14)10-13-5-3-4-6-13;/h13-14H,3-12H2,1-2H3,(H2,21,22,23);1H. The van der Waals surface area contributed by atoms with Crippen LogP contribution in [0.5, 0.6) is 0 Å². The number of carbonyl (C=O) groups is 1. The Morgan fingerprint density at radius 3 is 2.52 bits per heavy atom. The lowest BCUT2D eigenvalue weighted by atomic mass is 10.1. The van der Waals surface area contributed by atoms with Crippen molar-refractivity contribution in [2.75, 3.05) is 46.8 Å². The first-order valence-corrected chi connectivity index (χ1v) is 9.27. The predicted octanol–water partition coefficient (Wildman–Crippen LogP) is 2.05. The molecule has 1 saturated carbocycles. The van der Waals surface area contributed by atoms with Crippen LogP contribution in [0.15, 0.2) is 4.99 Å². The third-order valence-electron chi connectivity index (χ3n) is 5.08. The number of carbonyl (C=O) groups excluding carboxylic acids is 1. The molecular formula is C17H31F3IN5O. The number of nitrogens with one attached hydrogen (secondary N) is 2. The number of nitrogens with zero attached hydrogens (tertiary/aromatic N) is 3. The largest absolute Gasteiger partial charge is 0.406 e. The minimum Gasteiger partial charge on any atom is -0.352 e. The van der Waals surface area contributed by atoms with Gasteiger partial charge in [-0.3, -0.25) is 9.79 Å². The van der Waals surface area contributed by atoms with E-state index in [9.17, 15) is 18.0 Å². The number of alkyl halides is 3. The van der Waals surface area contributed by atoms with Crippen LogP contribution in [0.2, 0.25) is 0 Å². The minimum absolute atomic E-state index is 0. The number of rotatable bonds is 6. The average Bonchev–Trinajstić information content (AvgIpc) is 3.22. The van der Waals surface area contributed by atoms with Crippen LogP contribution in [0, 0.1) is 5.92 Å². The molecule has 0 spiro atoms. The van der Waals surface area contributed by atoms with Gasteiger partial charge in [0, 0.05) is 39.8 Å². The van der Waals surface area contributed by atoms with Crippen molar-refractivity contribution in [3.63, 3.8) is 0 Å². The van der Waals surface area contributed by atoms with E-state index < -0.39 is 18.6 Å². The third-order valence-corrected chi connectivity index (χ3v) is 5.08. The van der Waals surface area contributed by atoms with Gasteiger partial charge in [-0.15, -0.1) is 24.0 Å². The first-order chi connectivity index (χ1) is 12.3. The van der Waals surface area contributed by atoms with Crippen LogP contribution in [0.1, 0.15) is 32.1 Å². The van der Waals surface area contributed by atoms with Gasteiger partial charge >= 0.3 is 6.18 Å². The highest BCUT2D eigenvalue weighted by Gasteiger charge is 2.31. The van der Waals surface area contributed by atoms with Crippen molar-refractivity contribution in [1.82, 2.24) is 20.4 Å².